The van der Waals surface area contributed by atoms with Gasteiger partial charge in [0.25, 0.3) is 11.8 Å². The molecule has 10 heteroatoms. The summed E-state index contributed by atoms with van der Waals surface area (Å²) in [5, 5.41) is 0. The predicted molar refractivity (Wildman–Crippen MR) is 70.8 cm³/mol. The van der Waals surface area contributed by atoms with Gasteiger partial charge >= 0.3 is 0 Å². The fourth-order valence-corrected chi connectivity index (χ4v) is 1.30. The molecule has 0 aromatic heterocycles. The average molecular weight is 376 g/mol. The minimum Gasteiger partial charge on any atom is -0.248 e. The van der Waals surface area contributed by atoms with E-state index in [9.17, 15) is 43.9 Å². The number of rotatable bonds is 10. The molecule has 0 bridgehead atoms. The number of hydrogen-bond acceptors (Lipinski definition) is 0. The van der Waals surface area contributed by atoms with Gasteiger partial charge in [0.15, 0.2) is 18.5 Å². The molecule has 3 unspecified atom stereocenters. The number of halogens is 10. The van der Waals surface area contributed by atoms with Gasteiger partial charge in [-0.15, -0.1) is 13.2 Å². The SMILES string of the molecule is C=CCC(F)(F)C(F)C(F)CF.C=CCC(F)(F)C(F)CC(F)F. The molecule has 0 aliphatic carbocycles. The second-order valence-corrected chi connectivity index (χ2v) is 4.67. The Morgan fingerprint density at radius 1 is 0.792 bits per heavy atom. The van der Waals surface area contributed by atoms with E-state index in [0.717, 1.165) is 12.2 Å². The molecule has 0 saturated carbocycles. The lowest BCUT2D eigenvalue weighted by Gasteiger charge is -2.20. The first-order chi connectivity index (χ1) is 10.9. The van der Waals surface area contributed by atoms with Gasteiger partial charge in [0.2, 0.25) is 6.43 Å². The van der Waals surface area contributed by atoms with Crippen molar-refractivity contribution in [3.8, 4) is 0 Å². The van der Waals surface area contributed by atoms with Gasteiger partial charge < -0.3 is 0 Å². The van der Waals surface area contributed by atoms with Gasteiger partial charge in [0.05, 0.1) is 0 Å². The predicted octanol–water partition coefficient (Wildman–Crippen LogP) is 6.03. The summed E-state index contributed by atoms with van der Waals surface area (Å²) in [4.78, 5) is 0. The molecule has 3 atom stereocenters. The van der Waals surface area contributed by atoms with E-state index in [2.05, 4.69) is 13.2 Å². The Morgan fingerprint density at radius 3 is 1.54 bits per heavy atom. The lowest BCUT2D eigenvalue weighted by molar-refractivity contribution is -0.0993. The normalized spacial score (nSPS) is 16.0. The fourth-order valence-electron chi connectivity index (χ4n) is 1.30. The lowest BCUT2D eigenvalue weighted by Crippen LogP contribution is -2.38. The molecular formula is C14H18F10. The summed E-state index contributed by atoms with van der Waals surface area (Å²) in [6.07, 6.45) is -13.5. The minimum absolute atomic E-state index is 0.761. The molecule has 0 aromatic rings. The van der Waals surface area contributed by atoms with E-state index in [-0.39, 0.29) is 0 Å². The monoisotopic (exact) mass is 376 g/mol. The Morgan fingerprint density at radius 2 is 1.21 bits per heavy atom. The molecule has 24 heavy (non-hydrogen) atoms. The standard InChI is InChI=1S/2C7H9F5/c1-2-3-7(11,12)6(10)5(9)4-8;1-2-3-7(11,12)5(8)4-6(9)10/h2*2,5-6H,1,3-4H2. The van der Waals surface area contributed by atoms with Crippen LogP contribution in [0.5, 0.6) is 0 Å². The first-order valence-electron chi connectivity index (χ1n) is 6.59. The summed E-state index contributed by atoms with van der Waals surface area (Å²) >= 11 is 0. The number of hydrogen-bond donors (Lipinski definition) is 0. The molecular weight excluding hydrogens is 358 g/mol. The summed E-state index contributed by atoms with van der Waals surface area (Å²) in [5.41, 5.74) is 0. The maximum atomic E-state index is 12.4. The highest BCUT2D eigenvalue weighted by molar-refractivity contribution is 4.88. The van der Waals surface area contributed by atoms with Crippen molar-refractivity contribution in [2.75, 3.05) is 6.67 Å². The van der Waals surface area contributed by atoms with Gasteiger partial charge in [-0.05, 0) is 0 Å². The maximum absolute atomic E-state index is 12.4. The molecule has 0 N–H and O–H groups in total. The van der Waals surface area contributed by atoms with Gasteiger partial charge in [0, 0.05) is 19.3 Å². The number of allylic oxidation sites excluding steroid dienone is 2. The highest BCUT2D eigenvalue weighted by Gasteiger charge is 2.44. The Hall–Kier alpha value is -1.22. The highest BCUT2D eigenvalue weighted by atomic mass is 19.3. The van der Waals surface area contributed by atoms with Crippen LogP contribution < -0.4 is 0 Å². The van der Waals surface area contributed by atoms with Crippen molar-refractivity contribution in [1.82, 2.24) is 0 Å². The maximum Gasteiger partial charge on any atom is 0.285 e. The van der Waals surface area contributed by atoms with Crippen molar-refractivity contribution in [1.29, 1.82) is 0 Å². The zero-order valence-electron chi connectivity index (χ0n) is 12.5. The molecule has 0 fully saturated rings. The van der Waals surface area contributed by atoms with Crippen LogP contribution in [-0.2, 0) is 0 Å². The van der Waals surface area contributed by atoms with Crippen molar-refractivity contribution in [2.24, 2.45) is 0 Å². The Bertz CT molecular complexity index is 355. The minimum atomic E-state index is -3.87. The van der Waals surface area contributed by atoms with Crippen LogP contribution in [0.4, 0.5) is 43.9 Å². The third kappa shape index (κ3) is 9.82. The first kappa shape index (κ1) is 25.0. The van der Waals surface area contributed by atoms with Crippen LogP contribution in [0.1, 0.15) is 19.3 Å². The van der Waals surface area contributed by atoms with E-state index < -0.39 is 62.7 Å². The van der Waals surface area contributed by atoms with E-state index in [1.54, 1.807) is 0 Å². The van der Waals surface area contributed by atoms with E-state index in [4.69, 9.17) is 0 Å². The van der Waals surface area contributed by atoms with E-state index in [0.29, 0.717) is 0 Å². The Kier molecular flexibility index (Phi) is 11.8. The third-order valence-electron chi connectivity index (χ3n) is 2.54. The van der Waals surface area contributed by atoms with E-state index >= 15 is 0 Å². The molecule has 0 nitrogen and oxygen atoms in total. The average Bonchev–Trinajstić information content (AvgIpc) is 2.45. The van der Waals surface area contributed by atoms with Crippen LogP contribution in [0.3, 0.4) is 0 Å². The quantitative estimate of drug-likeness (QED) is 0.322. The van der Waals surface area contributed by atoms with Gasteiger partial charge in [-0.3, -0.25) is 0 Å². The first-order valence-corrected chi connectivity index (χ1v) is 6.59. The van der Waals surface area contributed by atoms with Gasteiger partial charge in [0.1, 0.15) is 6.67 Å². The molecule has 0 spiro atoms. The van der Waals surface area contributed by atoms with Gasteiger partial charge in [-0.1, -0.05) is 12.2 Å². The van der Waals surface area contributed by atoms with Crippen molar-refractivity contribution < 1.29 is 43.9 Å². The van der Waals surface area contributed by atoms with Gasteiger partial charge in [-0.2, -0.15) is 0 Å². The molecule has 0 aliphatic heterocycles. The Labute approximate surface area is 133 Å². The lowest BCUT2D eigenvalue weighted by atomic mass is 10.1. The zero-order chi connectivity index (χ0) is 19.6. The summed E-state index contributed by atoms with van der Waals surface area (Å²) < 4.78 is 121. The third-order valence-corrected chi connectivity index (χ3v) is 2.54. The van der Waals surface area contributed by atoms with Crippen LogP contribution in [0.2, 0.25) is 0 Å². The van der Waals surface area contributed by atoms with Crippen LogP contribution >= 0.6 is 0 Å². The fraction of sp³-hybridized carbons (Fsp3) is 0.714. The van der Waals surface area contributed by atoms with Crippen LogP contribution in [0, 0.1) is 0 Å². The summed E-state index contributed by atoms with van der Waals surface area (Å²) in [5.74, 6) is -7.59. The molecule has 0 radical (unpaired) electrons. The van der Waals surface area contributed by atoms with Crippen molar-refractivity contribution in [2.45, 2.75) is 56.0 Å². The molecule has 0 aromatic carbocycles. The highest BCUT2D eigenvalue weighted by Crippen LogP contribution is 2.30. The van der Waals surface area contributed by atoms with Crippen molar-refractivity contribution in [3.05, 3.63) is 25.3 Å². The molecule has 0 heterocycles. The van der Waals surface area contributed by atoms with Crippen molar-refractivity contribution in [3.63, 3.8) is 0 Å². The topological polar surface area (TPSA) is 0 Å². The molecule has 0 amide bonds. The molecule has 0 rings (SSSR count). The molecule has 0 aliphatic rings. The smallest absolute Gasteiger partial charge is 0.248 e. The summed E-state index contributed by atoms with van der Waals surface area (Å²) in [6.45, 7) is 4.18. The Balaban J connectivity index is 0. The largest absolute Gasteiger partial charge is 0.285 e. The van der Waals surface area contributed by atoms with Crippen LogP contribution in [0.25, 0.3) is 0 Å². The van der Waals surface area contributed by atoms with Gasteiger partial charge in [-0.25, -0.2) is 43.9 Å². The second kappa shape index (κ2) is 11.4. The second-order valence-electron chi connectivity index (χ2n) is 4.67. The van der Waals surface area contributed by atoms with E-state index in [1.165, 1.54) is 0 Å². The summed E-state index contributed by atoms with van der Waals surface area (Å²) in [6, 6.07) is 0. The van der Waals surface area contributed by atoms with Crippen molar-refractivity contribution >= 4 is 0 Å². The van der Waals surface area contributed by atoms with Crippen LogP contribution in [0.15, 0.2) is 25.3 Å². The van der Waals surface area contributed by atoms with Crippen LogP contribution in [-0.4, -0.2) is 43.5 Å². The zero-order valence-corrected chi connectivity index (χ0v) is 12.5. The number of alkyl halides is 10. The van der Waals surface area contributed by atoms with E-state index in [1.807, 2.05) is 0 Å². The summed E-state index contributed by atoms with van der Waals surface area (Å²) in [7, 11) is 0. The molecule has 0 saturated heterocycles. The molecule has 144 valence electrons.